The Morgan fingerprint density at radius 2 is 1.96 bits per heavy atom. The number of primary amides is 1. The minimum Gasteiger partial charge on any atom is -0.373 e. The molecule has 4 heteroatoms. The molecule has 0 aliphatic heterocycles. The van der Waals surface area contributed by atoms with Crippen molar-refractivity contribution in [2.75, 3.05) is 27.2 Å². The summed E-state index contributed by atoms with van der Waals surface area (Å²) >= 11 is 0. The summed E-state index contributed by atoms with van der Waals surface area (Å²) in [7, 11) is 4.08. The topological polar surface area (TPSA) is 55.6 Å². The highest BCUT2D eigenvalue weighted by Crippen LogP contribution is 2.48. The van der Waals surface area contributed by atoms with E-state index in [0.29, 0.717) is 17.4 Å². The summed E-state index contributed by atoms with van der Waals surface area (Å²) in [5, 5.41) is 0. The second-order valence-electron chi connectivity index (χ2n) is 8.49. The van der Waals surface area contributed by atoms with Crippen LogP contribution in [0.5, 0.6) is 0 Å². The number of amides is 1. The van der Waals surface area contributed by atoms with Crippen molar-refractivity contribution in [1.29, 1.82) is 0 Å². The Kier molecular flexibility index (Phi) is 6.03. The Balaban J connectivity index is 1.88. The van der Waals surface area contributed by atoms with Gasteiger partial charge >= 0.3 is 0 Å². The Morgan fingerprint density at radius 3 is 2.58 bits per heavy atom. The fourth-order valence-electron chi connectivity index (χ4n) is 5.22. The minimum atomic E-state index is -0.375. The Hall–Kier alpha value is -1.39. The van der Waals surface area contributed by atoms with Gasteiger partial charge in [0.1, 0.15) is 0 Å². The fraction of sp³-hybridized carbons (Fsp3) is 0.682. The number of methoxy groups -OCH3 is 1. The molecule has 26 heavy (non-hydrogen) atoms. The Bertz CT molecular complexity index is 628. The third kappa shape index (κ3) is 3.67. The standard InChI is InChI=1S/C22H34N2O2/c1-16-7-4-12-20(15-24(2)14-17-8-5-9-17)22(16,26-3)19-11-6-10-18(13-19)21(23)25/h6,10-11,13,16-17,20H,4-5,7-9,12,14-15H2,1-3H3,(H2,23,25). The third-order valence-corrected chi connectivity index (χ3v) is 6.79. The number of rotatable bonds is 7. The van der Waals surface area contributed by atoms with Gasteiger partial charge in [0.2, 0.25) is 5.91 Å². The van der Waals surface area contributed by atoms with Gasteiger partial charge in [0.05, 0.1) is 5.60 Å². The predicted molar refractivity (Wildman–Crippen MR) is 105 cm³/mol. The molecule has 1 aromatic carbocycles. The lowest BCUT2D eigenvalue weighted by atomic mass is 9.65. The maximum atomic E-state index is 11.7. The van der Waals surface area contributed by atoms with Crippen molar-refractivity contribution in [3.63, 3.8) is 0 Å². The van der Waals surface area contributed by atoms with Gasteiger partial charge in [0.25, 0.3) is 0 Å². The van der Waals surface area contributed by atoms with Crippen LogP contribution in [-0.4, -0.2) is 38.1 Å². The molecule has 0 spiro atoms. The number of hydrogen-bond acceptors (Lipinski definition) is 3. The third-order valence-electron chi connectivity index (χ3n) is 6.79. The molecule has 2 aliphatic rings. The predicted octanol–water partition coefficient (Wildman–Crippen LogP) is 3.80. The molecule has 2 N–H and O–H groups in total. The van der Waals surface area contributed by atoms with Gasteiger partial charge in [-0.25, -0.2) is 0 Å². The maximum Gasteiger partial charge on any atom is 0.248 e. The summed E-state index contributed by atoms with van der Waals surface area (Å²) in [5.41, 5.74) is 6.86. The Morgan fingerprint density at radius 1 is 1.23 bits per heavy atom. The average Bonchev–Trinajstić information content (AvgIpc) is 2.59. The van der Waals surface area contributed by atoms with E-state index in [0.717, 1.165) is 30.9 Å². The minimum absolute atomic E-state index is 0.350. The van der Waals surface area contributed by atoms with Crippen molar-refractivity contribution in [3.8, 4) is 0 Å². The summed E-state index contributed by atoms with van der Waals surface area (Å²) in [5.74, 6) is 1.33. The molecule has 0 saturated heterocycles. The second kappa shape index (κ2) is 8.10. The van der Waals surface area contributed by atoms with Gasteiger partial charge in [-0.3, -0.25) is 4.79 Å². The van der Waals surface area contributed by atoms with Gasteiger partial charge in [-0.1, -0.05) is 31.9 Å². The van der Waals surface area contributed by atoms with Crippen LogP contribution in [0, 0.1) is 17.8 Å². The molecule has 144 valence electrons. The molecule has 3 rings (SSSR count). The van der Waals surface area contributed by atoms with E-state index in [9.17, 15) is 4.79 Å². The van der Waals surface area contributed by atoms with Crippen LogP contribution in [0.1, 0.15) is 61.4 Å². The molecule has 3 atom stereocenters. The normalized spacial score (nSPS) is 29.5. The highest BCUT2D eigenvalue weighted by Gasteiger charge is 2.47. The summed E-state index contributed by atoms with van der Waals surface area (Å²) in [6.07, 6.45) is 7.69. The zero-order valence-corrected chi connectivity index (χ0v) is 16.5. The fourth-order valence-corrected chi connectivity index (χ4v) is 5.22. The molecule has 3 unspecified atom stereocenters. The monoisotopic (exact) mass is 358 g/mol. The van der Waals surface area contributed by atoms with Crippen molar-refractivity contribution in [3.05, 3.63) is 35.4 Å². The Labute approximate surface area is 158 Å². The lowest BCUT2D eigenvalue weighted by molar-refractivity contribution is -0.132. The van der Waals surface area contributed by atoms with Crippen LogP contribution in [-0.2, 0) is 10.3 Å². The van der Waals surface area contributed by atoms with Gasteiger partial charge in [-0.05, 0) is 62.3 Å². The molecule has 2 fully saturated rings. The lowest BCUT2D eigenvalue weighted by Crippen LogP contribution is -2.50. The van der Waals surface area contributed by atoms with Crippen molar-refractivity contribution < 1.29 is 9.53 Å². The van der Waals surface area contributed by atoms with E-state index in [2.05, 4.69) is 24.9 Å². The van der Waals surface area contributed by atoms with Crippen molar-refractivity contribution in [1.82, 2.24) is 4.90 Å². The van der Waals surface area contributed by atoms with Crippen LogP contribution in [0.2, 0.25) is 0 Å². The zero-order valence-electron chi connectivity index (χ0n) is 16.5. The SMILES string of the molecule is COC1(c2cccc(C(N)=O)c2)C(C)CCCC1CN(C)CC1CCC1. The summed E-state index contributed by atoms with van der Waals surface area (Å²) < 4.78 is 6.29. The molecule has 2 saturated carbocycles. The van der Waals surface area contributed by atoms with Crippen LogP contribution in [0.4, 0.5) is 0 Å². The molecule has 0 bridgehead atoms. The molecule has 2 aliphatic carbocycles. The van der Waals surface area contributed by atoms with Crippen LogP contribution in [0.15, 0.2) is 24.3 Å². The van der Waals surface area contributed by atoms with E-state index >= 15 is 0 Å². The van der Waals surface area contributed by atoms with E-state index in [1.54, 1.807) is 6.07 Å². The molecule has 0 radical (unpaired) electrons. The largest absolute Gasteiger partial charge is 0.373 e. The van der Waals surface area contributed by atoms with Gasteiger partial charge in [-0.15, -0.1) is 0 Å². The van der Waals surface area contributed by atoms with Gasteiger partial charge in [-0.2, -0.15) is 0 Å². The number of carbonyl (C=O) groups excluding carboxylic acids is 1. The van der Waals surface area contributed by atoms with E-state index < -0.39 is 0 Å². The van der Waals surface area contributed by atoms with E-state index in [1.165, 1.54) is 32.2 Å². The van der Waals surface area contributed by atoms with Crippen molar-refractivity contribution in [2.45, 2.75) is 51.0 Å². The van der Waals surface area contributed by atoms with Gasteiger partial charge < -0.3 is 15.4 Å². The number of carbonyl (C=O) groups is 1. The summed E-state index contributed by atoms with van der Waals surface area (Å²) in [4.78, 5) is 14.2. The highest BCUT2D eigenvalue weighted by atomic mass is 16.5. The average molecular weight is 359 g/mol. The molecular formula is C22H34N2O2. The molecule has 1 amide bonds. The van der Waals surface area contributed by atoms with Crippen LogP contribution in [0.25, 0.3) is 0 Å². The first kappa shape index (κ1) is 19.4. The number of hydrogen-bond donors (Lipinski definition) is 1. The van der Waals surface area contributed by atoms with Gasteiger partial charge in [0.15, 0.2) is 0 Å². The highest BCUT2D eigenvalue weighted by molar-refractivity contribution is 5.92. The van der Waals surface area contributed by atoms with E-state index in [1.807, 2.05) is 19.2 Å². The molecular weight excluding hydrogens is 324 g/mol. The van der Waals surface area contributed by atoms with Crippen LogP contribution >= 0.6 is 0 Å². The molecule has 0 heterocycles. The number of nitrogens with two attached hydrogens (primary N) is 1. The quantitative estimate of drug-likeness (QED) is 0.807. The second-order valence-corrected chi connectivity index (χ2v) is 8.49. The molecule has 1 aromatic rings. The first-order valence-electron chi connectivity index (χ1n) is 10.1. The van der Waals surface area contributed by atoms with E-state index in [-0.39, 0.29) is 11.5 Å². The smallest absolute Gasteiger partial charge is 0.248 e. The number of nitrogens with zero attached hydrogens (tertiary/aromatic N) is 1. The number of benzene rings is 1. The van der Waals surface area contributed by atoms with Crippen LogP contribution < -0.4 is 5.73 Å². The van der Waals surface area contributed by atoms with Crippen molar-refractivity contribution >= 4 is 5.91 Å². The first-order chi connectivity index (χ1) is 12.5. The molecule has 4 nitrogen and oxygen atoms in total. The first-order valence-corrected chi connectivity index (χ1v) is 10.1. The number of ether oxygens (including phenoxy) is 1. The van der Waals surface area contributed by atoms with Crippen LogP contribution in [0.3, 0.4) is 0 Å². The zero-order chi connectivity index (χ0) is 18.7. The van der Waals surface area contributed by atoms with Gasteiger partial charge in [0, 0.05) is 31.7 Å². The maximum absolute atomic E-state index is 11.7. The molecule has 0 aromatic heterocycles. The van der Waals surface area contributed by atoms with E-state index in [4.69, 9.17) is 10.5 Å². The van der Waals surface area contributed by atoms with Crippen molar-refractivity contribution in [2.24, 2.45) is 23.5 Å². The summed E-state index contributed by atoms with van der Waals surface area (Å²) in [6, 6.07) is 7.79. The summed E-state index contributed by atoms with van der Waals surface area (Å²) in [6.45, 7) is 4.51. The lowest BCUT2D eigenvalue weighted by Gasteiger charge is -2.49.